The van der Waals surface area contributed by atoms with Gasteiger partial charge in [0.2, 0.25) is 5.91 Å². The van der Waals surface area contributed by atoms with Crippen LogP contribution in [0.4, 0.5) is 0 Å². The van der Waals surface area contributed by atoms with E-state index in [1.54, 1.807) is 0 Å². The zero-order valence-corrected chi connectivity index (χ0v) is 11.7. The molecule has 0 saturated carbocycles. The van der Waals surface area contributed by atoms with Crippen LogP contribution in [-0.2, 0) is 4.79 Å². The molecule has 1 N–H and O–H groups in total. The first kappa shape index (κ1) is 13.8. The minimum atomic E-state index is 0.290. The number of carbonyl (C=O) groups excluding carboxylic acids is 1. The van der Waals surface area contributed by atoms with Crippen LogP contribution in [0.1, 0.15) is 32.6 Å². The molecular formula is C14H27N3O. The average molecular weight is 253 g/mol. The molecule has 2 saturated heterocycles. The Kier molecular flexibility index (Phi) is 5.45. The predicted molar refractivity (Wildman–Crippen MR) is 73.5 cm³/mol. The highest BCUT2D eigenvalue weighted by molar-refractivity contribution is 5.78. The van der Waals surface area contributed by atoms with Gasteiger partial charge >= 0.3 is 0 Å². The smallest absolute Gasteiger partial charge is 0.236 e. The van der Waals surface area contributed by atoms with Gasteiger partial charge in [-0.05, 0) is 57.8 Å². The summed E-state index contributed by atoms with van der Waals surface area (Å²) in [4.78, 5) is 16.3. The molecule has 0 bridgehead atoms. The minimum Gasteiger partial charge on any atom is -0.342 e. The number of rotatable bonds is 5. The van der Waals surface area contributed by atoms with Crippen LogP contribution < -0.4 is 5.32 Å². The standard InChI is InChI=1S/C14H27N3O/c1-2-16-9-5-13(6-10-16)11-15-12-14(18)17-7-3-4-8-17/h13,15H,2-12H2,1H3. The van der Waals surface area contributed by atoms with Crippen LogP contribution in [-0.4, -0.2) is 61.5 Å². The molecule has 4 nitrogen and oxygen atoms in total. The molecule has 2 rings (SSSR count). The third-order valence-corrected chi connectivity index (χ3v) is 4.32. The van der Waals surface area contributed by atoms with Gasteiger partial charge in [0.15, 0.2) is 0 Å². The van der Waals surface area contributed by atoms with Crippen molar-refractivity contribution in [2.24, 2.45) is 5.92 Å². The number of hydrogen-bond donors (Lipinski definition) is 1. The Morgan fingerprint density at radius 3 is 2.44 bits per heavy atom. The van der Waals surface area contributed by atoms with Crippen molar-refractivity contribution in [2.75, 3.05) is 45.8 Å². The van der Waals surface area contributed by atoms with Crippen LogP contribution in [0, 0.1) is 5.92 Å². The molecule has 104 valence electrons. The second-order valence-corrected chi connectivity index (χ2v) is 5.60. The lowest BCUT2D eigenvalue weighted by Crippen LogP contribution is -2.40. The van der Waals surface area contributed by atoms with E-state index in [0.717, 1.165) is 25.6 Å². The first-order valence-electron chi connectivity index (χ1n) is 7.50. The predicted octanol–water partition coefficient (Wildman–Crippen LogP) is 0.930. The number of amides is 1. The fourth-order valence-electron chi connectivity index (χ4n) is 2.97. The summed E-state index contributed by atoms with van der Waals surface area (Å²) in [5.41, 5.74) is 0. The molecule has 2 aliphatic rings. The van der Waals surface area contributed by atoms with Crippen molar-refractivity contribution in [2.45, 2.75) is 32.6 Å². The molecule has 18 heavy (non-hydrogen) atoms. The topological polar surface area (TPSA) is 35.6 Å². The minimum absolute atomic E-state index is 0.290. The van der Waals surface area contributed by atoms with Gasteiger partial charge in [-0.2, -0.15) is 0 Å². The van der Waals surface area contributed by atoms with Gasteiger partial charge in [0.05, 0.1) is 6.54 Å². The quantitative estimate of drug-likeness (QED) is 0.792. The van der Waals surface area contributed by atoms with E-state index in [-0.39, 0.29) is 0 Å². The van der Waals surface area contributed by atoms with Crippen LogP contribution in [0.5, 0.6) is 0 Å². The lowest BCUT2D eigenvalue weighted by atomic mass is 9.97. The maximum Gasteiger partial charge on any atom is 0.236 e. The van der Waals surface area contributed by atoms with Crippen molar-refractivity contribution >= 4 is 5.91 Å². The number of nitrogens with zero attached hydrogens (tertiary/aromatic N) is 2. The van der Waals surface area contributed by atoms with Crippen molar-refractivity contribution in [1.29, 1.82) is 0 Å². The third kappa shape index (κ3) is 3.95. The lowest BCUT2D eigenvalue weighted by Gasteiger charge is -2.31. The average Bonchev–Trinajstić information content (AvgIpc) is 2.93. The van der Waals surface area contributed by atoms with E-state index in [4.69, 9.17) is 0 Å². The van der Waals surface area contributed by atoms with Crippen molar-refractivity contribution < 1.29 is 4.79 Å². The SMILES string of the molecule is CCN1CCC(CNCC(=O)N2CCCC2)CC1. The van der Waals surface area contributed by atoms with E-state index in [2.05, 4.69) is 17.1 Å². The van der Waals surface area contributed by atoms with Gasteiger partial charge in [0.1, 0.15) is 0 Å². The summed E-state index contributed by atoms with van der Waals surface area (Å²) >= 11 is 0. The van der Waals surface area contributed by atoms with Gasteiger partial charge in [0, 0.05) is 13.1 Å². The third-order valence-electron chi connectivity index (χ3n) is 4.32. The Bertz CT molecular complexity index is 256. The molecule has 2 heterocycles. The molecular weight excluding hydrogens is 226 g/mol. The Morgan fingerprint density at radius 1 is 1.17 bits per heavy atom. The lowest BCUT2D eigenvalue weighted by molar-refractivity contribution is -0.129. The normalized spacial score (nSPS) is 22.6. The van der Waals surface area contributed by atoms with E-state index >= 15 is 0 Å². The summed E-state index contributed by atoms with van der Waals surface area (Å²) in [6, 6.07) is 0. The Balaban J connectivity index is 1.56. The van der Waals surface area contributed by atoms with Crippen molar-refractivity contribution in [3.05, 3.63) is 0 Å². The highest BCUT2D eigenvalue weighted by atomic mass is 16.2. The van der Waals surface area contributed by atoms with Crippen molar-refractivity contribution in [3.63, 3.8) is 0 Å². The van der Waals surface area contributed by atoms with Crippen LogP contribution >= 0.6 is 0 Å². The summed E-state index contributed by atoms with van der Waals surface area (Å²) in [6.45, 7) is 9.34. The van der Waals surface area contributed by atoms with Gasteiger partial charge < -0.3 is 15.1 Å². The molecule has 0 unspecified atom stereocenters. The van der Waals surface area contributed by atoms with Crippen LogP contribution in [0.2, 0.25) is 0 Å². The largest absolute Gasteiger partial charge is 0.342 e. The molecule has 2 fully saturated rings. The number of likely N-dealkylation sites (tertiary alicyclic amines) is 2. The molecule has 0 aromatic heterocycles. The Hall–Kier alpha value is -0.610. The van der Waals surface area contributed by atoms with Gasteiger partial charge in [0.25, 0.3) is 0 Å². The molecule has 0 aliphatic carbocycles. The highest BCUT2D eigenvalue weighted by Crippen LogP contribution is 2.15. The second kappa shape index (κ2) is 7.10. The molecule has 0 atom stereocenters. The molecule has 0 aromatic rings. The maximum absolute atomic E-state index is 11.8. The zero-order valence-electron chi connectivity index (χ0n) is 11.7. The molecule has 0 spiro atoms. The van der Waals surface area contributed by atoms with E-state index in [0.29, 0.717) is 12.5 Å². The second-order valence-electron chi connectivity index (χ2n) is 5.60. The first-order chi connectivity index (χ1) is 8.79. The van der Waals surface area contributed by atoms with E-state index in [1.807, 2.05) is 4.90 Å². The Labute approximate surface area is 111 Å². The summed E-state index contributed by atoms with van der Waals surface area (Å²) in [6.07, 6.45) is 4.92. The highest BCUT2D eigenvalue weighted by Gasteiger charge is 2.20. The number of carbonyl (C=O) groups is 1. The van der Waals surface area contributed by atoms with Crippen LogP contribution in [0.25, 0.3) is 0 Å². The molecule has 4 heteroatoms. The van der Waals surface area contributed by atoms with Gasteiger partial charge in [-0.25, -0.2) is 0 Å². The maximum atomic E-state index is 11.8. The number of hydrogen-bond acceptors (Lipinski definition) is 3. The van der Waals surface area contributed by atoms with Gasteiger partial charge in [-0.3, -0.25) is 4.79 Å². The van der Waals surface area contributed by atoms with Crippen LogP contribution in [0.3, 0.4) is 0 Å². The summed E-state index contributed by atoms with van der Waals surface area (Å²) in [7, 11) is 0. The first-order valence-corrected chi connectivity index (χ1v) is 7.50. The number of piperidine rings is 1. The fourth-order valence-corrected chi connectivity index (χ4v) is 2.97. The monoisotopic (exact) mass is 253 g/mol. The summed E-state index contributed by atoms with van der Waals surface area (Å²) in [5, 5.41) is 3.35. The molecule has 0 aromatic carbocycles. The van der Waals surface area contributed by atoms with Crippen molar-refractivity contribution in [1.82, 2.24) is 15.1 Å². The van der Waals surface area contributed by atoms with Gasteiger partial charge in [-0.15, -0.1) is 0 Å². The number of nitrogens with one attached hydrogen (secondary N) is 1. The van der Waals surface area contributed by atoms with Crippen molar-refractivity contribution in [3.8, 4) is 0 Å². The molecule has 0 radical (unpaired) electrons. The van der Waals surface area contributed by atoms with Crippen LogP contribution in [0.15, 0.2) is 0 Å². The summed E-state index contributed by atoms with van der Waals surface area (Å²) in [5.74, 6) is 1.05. The fraction of sp³-hybridized carbons (Fsp3) is 0.929. The summed E-state index contributed by atoms with van der Waals surface area (Å²) < 4.78 is 0. The van der Waals surface area contributed by atoms with E-state index < -0.39 is 0 Å². The van der Waals surface area contributed by atoms with Gasteiger partial charge in [-0.1, -0.05) is 6.92 Å². The van der Waals surface area contributed by atoms with E-state index in [9.17, 15) is 4.79 Å². The van der Waals surface area contributed by atoms with E-state index in [1.165, 1.54) is 45.3 Å². The Morgan fingerprint density at radius 2 is 1.83 bits per heavy atom. The molecule has 1 amide bonds. The molecule has 2 aliphatic heterocycles. The zero-order chi connectivity index (χ0) is 12.8.